The number of hydrogen-bond donors (Lipinski definition) is 1. The zero-order valence-electron chi connectivity index (χ0n) is 16.8. The minimum atomic E-state index is -0.372. The predicted molar refractivity (Wildman–Crippen MR) is 118 cm³/mol. The first-order valence-electron chi connectivity index (χ1n) is 9.66. The number of nitrogens with zero attached hydrogens (tertiary/aromatic N) is 5. The maximum Gasteiger partial charge on any atom is 0.234 e. The molecule has 5 aromatic rings. The average molecular weight is 450 g/mol. The van der Waals surface area contributed by atoms with E-state index in [0.717, 1.165) is 11.1 Å². The summed E-state index contributed by atoms with van der Waals surface area (Å²) in [6.45, 7) is 1.66. The van der Waals surface area contributed by atoms with Crippen molar-refractivity contribution in [1.29, 1.82) is 0 Å². The largest absolute Gasteiger partial charge is 0.325 e. The number of benzene rings is 2. The highest BCUT2D eigenvalue weighted by Gasteiger charge is 2.14. The Kier molecular flexibility index (Phi) is 5.06. The van der Waals surface area contributed by atoms with Gasteiger partial charge in [-0.05, 0) is 55.0 Å². The average Bonchev–Trinajstić information content (AvgIpc) is 3.39. The molecule has 0 unspecified atom stereocenters. The van der Waals surface area contributed by atoms with Crippen LogP contribution in [0.4, 0.5) is 14.5 Å². The minimum Gasteiger partial charge on any atom is -0.325 e. The van der Waals surface area contributed by atoms with Crippen molar-refractivity contribution < 1.29 is 13.6 Å². The van der Waals surface area contributed by atoms with Crippen LogP contribution in [0.25, 0.3) is 22.4 Å². The number of amides is 1. The minimum absolute atomic E-state index is 0.0849. The van der Waals surface area contributed by atoms with Gasteiger partial charge in [-0.25, -0.2) is 13.3 Å². The number of thioether (sulfide) groups is 1. The topological polar surface area (TPSA) is 76.6 Å². The Balaban J connectivity index is 1.35. The molecule has 160 valence electrons. The lowest BCUT2D eigenvalue weighted by molar-refractivity contribution is -0.113. The molecule has 0 aliphatic heterocycles. The monoisotopic (exact) mass is 450 g/mol. The highest BCUT2D eigenvalue weighted by atomic mass is 32.2. The molecule has 2 aromatic carbocycles. The van der Waals surface area contributed by atoms with Crippen molar-refractivity contribution in [3.05, 3.63) is 78.1 Å². The summed E-state index contributed by atoms with van der Waals surface area (Å²) in [7, 11) is 0. The van der Waals surface area contributed by atoms with Gasteiger partial charge in [0.25, 0.3) is 0 Å². The van der Waals surface area contributed by atoms with Crippen molar-refractivity contribution in [2.24, 2.45) is 0 Å². The van der Waals surface area contributed by atoms with Gasteiger partial charge in [0.15, 0.2) is 10.8 Å². The molecule has 7 nitrogen and oxygen atoms in total. The van der Waals surface area contributed by atoms with Crippen LogP contribution >= 0.6 is 11.8 Å². The van der Waals surface area contributed by atoms with Gasteiger partial charge in [-0.1, -0.05) is 17.8 Å². The summed E-state index contributed by atoms with van der Waals surface area (Å²) < 4.78 is 30.3. The van der Waals surface area contributed by atoms with E-state index in [9.17, 15) is 13.6 Å². The fourth-order valence-electron chi connectivity index (χ4n) is 3.25. The third-order valence-corrected chi connectivity index (χ3v) is 5.86. The van der Waals surface area contributed by atoms with Gasteiger partial charge in [-0.3, -0.25) is 9.20 Å². The molecule has 1 amide bonds. The molecule has 3 heterocycles. The number of anilines is 1. The molecule has 0 radical (unpaired) electrons. The summed E-state index contributed by atoms with van der Waals surface area (Å²) in [4.78, 5) is 12.3. The molecule has 0 aliphatic rings. The molecule has 0 atom stereocenters. The second-order valence-electron chi connectivity index (χ2n) is 7.14. The lowest BCUT2D eigenvalue weighted by atomic mass is 10.1. The van der Waals surface area contributed by atoms with Gasteiger partial charge >= 0.3 is 0 Å². The fourth-order valence-corrected chi connectivity index (χ4v) is 3.97. The Hall–Kier alpha value is -3.79. The Morgan fingerprint density at radius 1 is 1.06 bits per heavy atom. The number of rotatable bonds is 5. The number of halogens is 2. The summed E-state index contributed by atoms with van der Waals surface area (Å²) in [5.41, 5.74) is 3.69. The summed E-state index contributed by atoms with van der Waals surface area (Å²) in [5.74, 6) is -0.875. The highest BCUT2D eigenvalue weighted by Crippen LogP contribution is 2.24. The Bertz CT molecular complexity index is 1460. The first-order valence-corrected chi connectivity index (χ1v) is 10.6. The lowest BCUT2D eigenvalue weighted by Gasteiger charge is -2.06. The Labute approximate surface area is 185 Å². The van der Waals surface area contributed by atoms with Crippen molar-refractivity contribution in [1.82, 2.24) is 24.2 Å². The van der Waals surface area contributed by atoms with Crippen LogP contribution in [0.5, 0.6) is 0 Å². The standard InChI is InChI=1S/C22H16F2N6OS/c1-13-2-7-16(10-17(13)24)25-20(31)12-32-22-27-26-21-19-11-18(14-3-5-15(23)6-4-14)28-30(19)9-8-29(21)22/h2-11H,12H2,1H3,(H,25,31). The quantitative estimate of drug-likeness (QED) is 0.403. The molecular formula is C22H16F2N6OS. The Morgan fingerprint density at radius 2 is 1.88 bits per heavy atom. The predicted octanol–water partition coefficient (Wildman–Crippen LogP) is 4.36. The molecule has 0 spiro atoms. The van der Waals surface area contributed by atoms with E-state index in [0.29, 0.717) is 27.7 Å². The first kappa shape index (κ1) is 20.1. The maximum atomic E-state index is 13.7. The van der Waals surface area contributed by atoms with Crippen LogP contribution in [0.2, 0.25) is 0 Å². The number of nitrogens with one attached hydrogen (secondary N) is 1. The molecule has 1 N–H and O–H groups in total. The second-order valence-corrected chi connectivity index (χ2v) is 8.08. The van der Waals surface area contributed by atoms with Crippen LogP contribution in [0.15, 0.2) is 66.1 Å². The summed E-state index contributed by atoms with van der Waals surface area (Å²) in [5, 5.41) is 16.2. The number of carbonyl (C=O) groups is 1. The molecule has 0 saturated heterocycles. The van der Waals surface area contributed by atoms with Crippen LogP contribution in [-0.2, 0) is 4.79 Å². The second kappa shape index (κ2) is 8.04. The summed E-state index contributed by atoms with van der Waals surface area (Å²) >= 11 is 1.22. The highest BCUT2D eigenvalue weighted by molar-refractivity contribution is 7.99. The van der Waals surface area contributed by atoms with E-state index in [2.05, 4.69) is 20.6 Å². The van der Waals surface area contributed by atoms with Crippen molar-refractivity contribution in [3.8, 4) is 11.3 Å². The lowest BCUT2D eigenvalue weighted by Crippen LogP contribution is -2.14. The number of hydrogen-bond acceptors (Lipinski definition) is 5. The third kappa shape index (κ3) is 3.80. The van der Waals surface area contributed by atoms with Crippen molar-refractivity contribution in [2.45, 2.75) is 12.1 Å². The molecule has 5 rings (SSSR count). The zero-order chi connectivity index (χ0) is 22.2. The van der Waals surface area contributed by atoms with Crippen LogP contribution in [0.3, 0.4) is 0 Å². The van der Waals surface area contributed by atoms with Gasteiger partial charge in [0, 0.05) is 23.6 Å². The molecule has 3 aromatic heterocycles. The van der Waals surface area contributed by atoms with E-state index < -0.39 is 0 Å². The van der Waals surface area contributed by atoms with Gasteiger partial charge in [0.1, 0.15) is 17.2 Å². The smallest absolute Gasteiger partial charge is 0.234 e. The summed E-state index contributed by atoms with van der Waals surface area (Å²) in [6.07, 6.45) is 3.53. The molecule has 0 aliphatic carbocycles. The van der Waals surface area contributed by atoms with Gasteiger partial charge in [0.05, 0.1) is 11.4 Å². The van der Waals surface area contributed by atoms with Gasteiger partial charge in [-0.15, -0.1) is 10.2 Å². The molecule has 0 saturated carbocycles. The van der Waals surface area contributed by atoms with E-state index in [4.69, 9.17) is 0 Å². The van der Waals surface area contributed by atoms with E-state index >= 15 is 0 Å². The maximum absolute atomic E-state index is 13.7. The molecule has 0 bridgehead atoms. The van der Waals surface area contributed by atoms with Crippen LogP contribution < -0.4 is 5.32 Å². The molecule has 0 fully saturated rings. The van der Waals surface area contributed by atoms with E-state index in [1.54, 1.807) is 52.5 Å². The van der Waals surface area contributed by atoms with E-state index in [1.807, 2.05) is 6.07 Å². The Morgan fingerprint density at radius 3 is 2.66 bits per heavy atom. The van der Waals surface area contributed by atoms with Crippen LogP contribution in [0.1, 0.15) is 5.56 Å². The van der Waals surface area contributed by atoms with Gasteiger partial charge in [-0.2, -0.15) is 5.10 Å². The molecule has 10 heteroatoms. The van der Waals surface area contributed by atoms with Crippen molar-refractivity contribution in [3.63, 3.8) is 0 Å². The number of aromatic nitrogens is 5. The van der Waals surface area contributed by atoms with Crippen LogP contribution in [0, 0.1) is 18.6 Å². The fraction of sp³-hybridized carbons (Fsp3) is 0.0909. The van der Waals surface area contributed by atoms with E-state index in [-0.39, 0.29) is 23.3 Å². The SMILES string of the molecule is Cc1ccc(NC(=O)CSc2nnc3c4cc(-c5ccc(F)cc5)nn4ccn23)cc1F. The molecule has 32 heavy (non-hydrogen) atoms. The summed E-state index contributed by atoms with van der Waals surface area (Å²) in [6, 6.07) is 12.5. The zero-order valence-corrected chi connectivity index (χ0v) is 17.6. The number of fused-ring (bicyclic) bond motifs is 3. The number of aryl methyl sites for hydroxylation is 1. The van der Waals surface area contributed by atoms with Gasteiger partial charge < -0.3 is 5.32 Å². The van der Waals surface area contributed by atoms with Crippen LogP contribution in [-0.4, -0.2) is 35.9 Å². The normalized spacial score (nSPS) is 11.3. The first-order chi connectivity index (χ1) is 15.5. The van der Waals surface area contributed by atoms with Gasteiger partial charge in [0.2, 0.25) is 5.91 Å². The van der Waals surface area contributed by atoms with Crippen molar-refractivity contribution >= 4 is 34.5 Å². The third-order valence-electron chi connectivity index (χ3n) is 4.91. The van der Waals surface area contributed by atoms with Crippen molar-refractivity contribution in [2.75, 3.05) is 11.1 Å². The van der Waals surface area contributed by atoms with E-state index in [1.165, 1.54) is 30.0 Å². The number of carbonyl (C=O) groups excluding carboxylic acids is 1. The molecular weight excluding hydrogens is 434 g/mol.